The van der Waals surface area contributed by atoms with Crippen LogP contribution in [0.4, 0.5) is 5.69 Å². The molecule has 3 aromatic carbocycles. The van der Waals surface area contributed by atoms with E-state index in [0.29, 0.717) is 33.2 Å². The van der Waals surface area contributed by atoms with Gasteiger partial charge in [0.25, 0.3) is 11.5 Å². The Morgan fingerprint density at radius 3 is 2.65 bits per heavy atom. The highest BCUT2D eigenvalue weighted by atomic mass is 79.9. The molecule has 9 nitrogen and oxygen atoms in total. The van der Waals surface area contributed by atoms with E-state index in [1.54, 1.807) is 43.3 Å². The zero-order valence-corrected chi connectivity index (χ0v) is 22.2. The maximum atomic E-state index is 12.8. The summed E-state index contributed by atoms with van der Waals surface area (Å²) in [7, 11) is 0. The molecule has 0 aliphatic rings. The number of fused-ring (bicyclic) bond motifs is 1. The number of amides is 1. The van der Waals surface area contributed by atoms with E-state index in [1.807, 2.05) is 25.1 Å². The van der Waals surface area contributed by atoms with Crippen molar-refractivity contribution < 1.29 is 14.3 Å². The average Bonchev–Trinajstić information content (AvgIpc) is 2.88. The van der Waals surface area contributed by atoms with E-state index in [1.165, 1.54) is 6.21 Å². The van der Waals surface area contributed by atoms with E-state index in [4.69, 9.17) is 21.1 Å². The first-order valence-corrected chi connectivity index (χ1v) is 12.4. The third-order valence-electron chi connectivity index (χ3n) is 5.32. The molecule has 0 radical (unpaired) electrons. The quantitative estimate of drug-likeness (QED) is 0.291. The zero-order valence-electron chi connectivity index (χ0n) is 19.9. The van der Waals surface area contributed by atoms with Gasteiger partial charge in [0.2, 0.25) is 0 Å². The summed E-state index contributed by atoms with van der Waals surface area (Å²) >= 11 is 9.95. The highest BCUT2D eigenvalue weighted by Crippen LogP contribution is 2.42. The van der Waals surface area contributed by atoms with E-state index < -0.39 is 11.2 Å². The third-order valence-corrected chi connectivity index (χ3v) is 6.76. The topological polar surface area (TPSA) is 115 Å². The van der Waals surface area contributed by atoms with Gasteiger partial charge in [-0.15, -0.1) is 4.68 Å². The van der Waals surface area contributed by atoms with Crippen LogP contribution in [0.25, 0.3) is 10.9 Å². The number of aromatic nitrogens is 2. The number of rotatable bonds is 8. The van der Waals surface area contributed by atoms with Crippen molar-refractivity contribution in [3.8, 4) is 11.5 Å². The number of benzene rings is 3. The number of nitrogens with one attached hydrogen (secondary N) is 2. The van der Waals surface area contributed by atoms with Gasteiger partial charge in [-0.2, -0.15) is 5.10 Å². The standard InChI is InChI=1S/C26H22BrClN4O5/c1-3-36-20-12-16(13-29-32-25(34)17-9-5-7-11-19(17)31-26(32)35)22(27)23(28)24(20)37-14-21(33)30-18-10-6-4-8-15(18)2/h4-13H,3,14H2,1-2H3,(H,30,33)(H,31,35). The Morgan fingerprint density at radius 2 is 1.89 bits per heavy atom. The summed E-state index contributed by atoms with van der Waals surface area (Å²) in [6.07, 6.45) is 1.30. The number of hydrogen-bond donors (Lipinski definition) is 2. The second kappa shape index (κ2) is 11.4. The molecule has 4 aromatic rings. The molecule has 37 heavy (non-hydrogen) atoms. The molecular formula is C26H22BrClN4O5. The van der Waals surface area contributed by atoms with Crippen LogP contribution in [0.3, 0.4) is 0 Å². The van der Waals surface area contributed by atoms with E-state index in [2.05, 4.69) is 31.3 Å². The lowest BCUT2D eigenvalue weighted by molar-refractivity contribution is -0.118. The highest BCUT2D eigenvalue weighted by molar-refractivity contribution is 9.10. The second-order valence-corrected chi connectivity index (χ2v) is 9.01. The van der Waals surface area contributed by atoms with Crippen LogP contribution >= 0.6 is 27.5 Å². The Bertz CT molecular complexity index is 1630. The minimum absolute atomic E-state index is 0.135. The summed E-state index contributed by atoms with van der Waals surface area (Å²) in [5, 5.41) is 7.32. The minimum Gasteiger partial charge on any atom is -0.490 e. The van der Waals surface area contributed by atoms with E-state index >= 15 is 0 Å². The van der Waals surface area contributed by atoms with Crippen molar-refractivity contribution in [3.63, 3.8) is 0 Å². The predicted molar refractivity (Wildman–Crippen MR) is 147 cm³/mol. The fourth-order valence-electron chi connectivity index (χ4n) is 3.51. The number of aromatic amines is 1. The van der Waals surface area contributed by atoms with Crippen LogP contribution in [0, 0.1) is 6.92 Å². The van der Waals surface area contributed by atoms with Gasteiger partial charge in [0.1, 0.15) is 5.02 Å². The van der Waals surface area contributed by atoms with Gasteiger partial charge in [0, 0.05) is 15.7 Å². The van der Waals surface area contributed by atoms with Crippen molar-refractivity contribution in [1.29, 1.82) is 0 Å². The van der Waals surface area contributed by atoms with Crippen molar-refractivity contribution in [2.45, 2.75) is 13.8 Å². The van der Waals surface area contributed by atoms with Gasteiger partial charge in [-0.05, 0) is 59.6 Å². The maximum Gasteiger partial charge on any atom is 0.349 e. The Hall–Kier alpha value is -3.89. The summed E-state index contributed by atoms with van der Waals surface area (Å²) < 4.78 is 12.5. The van der Waals surface area contributed by atoms with Crippen molar-refractivity contribution in [2.75, 3.05) is 18.5 Å². The molecule has 1 aromatic heterocycles. The Morgan fingerprint density at radius 1 is 1.16 bits per heavy atom. The van der Waals surface area contributed by atoms with E-state index in [0.717, 1.165) is 10.2 Å². The minimum atomic E-state index is -0.688. The van der Waals surface area contributed by atoms with Crippen LogP contribution in [-0.2, 0) is 4.79 Å². The van der Waals surface area contributed by atoms with Crippen molar-refractivity contribution in [2.24, 2.45) is 5.10 Å². The van der Waals surface area contributed by atoms with Crippen LogP contribution in [0.5, 0.6) is 11.5 Å². The molecule has 0 aliphatic carbocycles. The summed E-state index contributed by atoms with van der Waals surface area (Å²) in [6, 6.07) is 15.6. The summed E-state index contributed by atoms with van der Waals surface area (Å²) in [5.41, 5.74) is 1.18. The van der Waals surface area contributed by atoms with Gasteiger partial charge in [-0.25, -0.2) is 4.79 Å². The third kappa shape index (κ3) is 5.76. The number of nitrogens with zero attached hydrogens (tertiary/aromatic N) is 2. The SMILES string of the molecule is CCOc1cc(C=Nn2c(=O)[nH]c3ccccc3c2=O)c(Br)c(Cl)c1OCC(=O)Nc1ccccc1C. The summed E-state index contributed by atoms with van der Waals surface area (Å²) in [5.74, 6) is 0.0540. The van der Waals surface area contributed by atoms with Gasteiger partial charge < -0.3 is 19.8 Å². The van der Waals surface area contributed by atoms with Gasteiger partial charge in [-0.3, -0.25) is 9.59 Å². The van der Waals surface area contributed by atoms with Crippen LogP contribution in [-0.4, -0.2) is 35.0 Å². The molecule has 11 heteroatoms. The van der Waals surface area contributed by atoms with Crippen LogP contribution in [0.2, 0.25) is 5.02 Å². The molecule has 4 rings (SSSR count). The number of carbonyl (C=O) groups is 1. The molecule has 190 valence electrons. The lowest BCUT2D eigenvalue weighted by Gasteiger charge is -2.16. The van der Waals surface area contributed by atoms with Gasteiger partial charge in [-0.1, -0.05) is 41.9 Å². The zero-order chi connectivity index (χ0) is 26.5. The molecule has 0 saturated carbocycles. The number of halogens is 2. The van der Waals surface area contributed by atoms with Gasteiger partial charge in [0.15, 0.2) is 18.1 Å². The lowest BCUT2D eigenvalue weighted by Crippen LogP contribution is -2.32. The van der Waals surface area contributed by atoms with Crippen molar-refractivity contribution in [1.82, 2.24) is 9.66 Å². The number of aryl methyl sites for hydroxylation is 1. The lowest BCUT2D eigenvalue weighted by atomic mass is 10.2. The molecular weight excluding hydrogens is 564 g/mol. The molecule has 0 unspecified atom stereocenters. The van der Waals surface area contributed by atoms with Crippen LogP contribution in [0.1, 0.15) is 18.1 Å². The first-order valence-electron chi connectivity index (χ1n) is 11.2. The Balaban J connectivity index is 1.62. The molecule has 0 atom stereocenters. The fourth-order valence-corrected chi connectivity index (χ4v) is 4.16. The van der Waals surface area contributed by atoms with Crippen molar-refractivity contribution in [3.05, 3.63) is 96.1 Å². The number of ether oxygens (including phenoxy) is 2. The molecule has 1 heterocycles. The number of para-hydroxylation sites is 2. The van der Waals surface area contributed by atoms with Crippen LogP contribution in [0.15, 0.2) is 73.8 Å². The Labute approximate surface area is 224 Å². The first-order chi connectivity index (χ1) is 17.8. The number of hydrogen-bond acceptors (Lipinski definition) is 6. The predicted octanol–water partition coefficient (Wildman–Crippen LogP) is 4.71. The van der Waals surface area contributed by atoms with Crippen LogP contribution < -0.4 is 26.0 Å². The molecule has 2 N–H and O–H groups in total. The Kier molecular flexibility index (Phi) is 8.10. The maximum absolute atomic E-state index is 12.8. The molecule has 1 amide bonds. The smallest absolute Gasteiger partial charge is 0.349 e. The second-order valence-electron chi connectivity index (χ2n) is 7.84. The monoisotopic (exact) mass is 584 g/mol. The first kappa shape index (κ1) is 26.2. The summed E-state index contributed by atoms with van der Waals surface area (Å²) in [6.45, 7) is 3.66. The largest absolute Gasteiger partial charge is 0.490 e. The molecule has 0 bridgehead atoms. The fraction of sp³-hybridized carbons (Fsp3) is 0.154. The molecule has 0 saturated heterocycles. The number of H-pyrrole nitrogens is 1. The van der Waals surface area contributed by atoms with E-state index in [9.17, 15) is 14.4 Å². The molecule has 0 fully saturated rings. The van der Waals surface area contributed by atoms with Gasteiger partial charge >= 0.3 is 5.69 Å². The highest BCUT2D eigenvalue weighted by Gasteiger charge is 2.19. The van der Waals surface area contributed by atoms with E-state index in [-0.39, 0.29) is 29.0 Å². The van der Waals surface area contributed by atoms with Gasteiger partial charge in [0.05, 0.1) is 23.7 Å². The normalized spacial score (nSPS) is 11.1. The molecule has 0 spiro atoms. The van der Waals surface area contributed by atoms with Crippen molar-refractivity contribution >= 4 is 56.2 Å². The molecule has 0 aliphatic heterocycles. The average molecular weight is 586 g/mol. The number of anilines is 1. The number of carbonyl (C=O) groups excluding carboxylic acids is 1. The summed E-state index contributed by atoms with van der Waals surface area (Å²) in [4.78, 5) is 40.3.